The Hall–Kier alpha value is -3.52. The molecule has 3 aromatic heterocycles. The molecule has 2 amide bonds. The minimum absolute atomic E-state index is 0.0851. The average molecular weight is 446 g/mol. The molecule has 1 aliphatic rings. The Kier molecular flexibility index (Phi) is 5.45. The zero-order valence-corrected chi connectivity index (χ0v) is 18.5. The molecule has 3 heterocycles. The van der Waals surface area contributed by atoms with E-state index in [0.29, 0.717) is 24.3 Å². The van der Waals surface area contributed by atoms with E-state index < -0.39 is 0 Å². The lowest BCUT2D eigenvalue weighted by Gasteiger charge is -2.10. The van der Waals surface area contributed by atoms with Gasteiger partial charge >= 0.3 is 0 Å². The predicted octanol–water partition coefficient (Wildman–Crippen LogP) is 4.46. The van der Waals surface area contributed by atoms with Gasteiger partial charge in [-0.15, -0.1) is 11.3 Å². The van der Waals surface area contributed by atoms with E-state index in [9.17, 15) is 9.59 Å². The molecule has 7 nitrogen and oxygen atoms in total. The number of amides is 2. The van der Waals surface area contributed by atoms with Crippen LogP contribution in [0.15, 0.2) is 54.0 Å². The van der Waals surface area contributed by atoms with Gasteiger partial charge in [0.05, 0.1) is 27.7 Å². The van der Waals surface area contributed by atoms with Gasteiger partial charge < -0.3 is 10.6 Å². The van der Waals surface area contributed by atoms with E-state index in [0.717, 1.165) is 40.0 Å². The quantitative estimate of drug-likeness (QED) is 0.440. The Morgan fingerprint density at radius 3 is 2.69 bits per heavy atom. The summed E-state index contributed by atoms with van der Waals surface area (Å²) in [4.78, 5) is 30.8. The maximum atomic E-state index is 13.1. The fraction of sp³-hybridized carbons (Fsp3) is 0.250. The molecule has 4 aromatic rings. The van der Waals surface area contributed by atoms with Crippen molar-refractivity contribution in [1.29, 1.82) is 0 Å². The van der Waals surface area contributed by atoms with Crippen molar-refractivity contribution in [2.45, 2.75) is 32.9 Å². The number of carbonyl (C=O) groups is 2. The number of thiophene rings is 1. The van der Waals surface area contributed by atoms with Crippen molar-refractivity contribution >= 4 is 39.9 Å². The van der Waals surface area contributed by atoms with Crippen LogP contribution in [0.3, 0.4) is 0 Å². The lowest BCUT2D eigenvalue weighted by molar-refractivity contribution is -0.117. The molecule has 0 radical (unpaired) electrons. The zero-order valence-electron chi connectivity index (χ0n) is 17.7. The highest BCUT2D eigenvalue weighted by Gasteiger charge is 2.29. The molecule has 1 aromatic carbocycles. The summed E-state index contributed by atoms with van der Waals surface area (Å²) in [7, 11) is 0. The smallest absolute Gasteiger partial charge is 0.252 e. The molecule has 0 aliphatic heterocycles. The Bertz CT molecular complexity index is 1270. The highest BCUT2D eigenvalue weighted by atomic mass is 32.1. The molecule has 1 saturated carbocycles. The fourth-order valence-corrected chi connectivity index (χ4v) is 4.28. The van der Waals surface area contributed by atoms with Gasteiger partial charge in [-0.1, -0.05) is 18.2 Å². The summed E-state index contributed by atoms with van der Waals surface area (Å²) >= 11 is 1.59. The number of rotatable bonds is 7. The van der Waals surface area contributed by atoms with Crippen LogP contribution >= 0.6 is 11.3 Å². The highest BCUT2D eigenvalue weighted by molar-refractivity contribution is 7.13. The summed E-state index contributed by atoms with van der Waals surface area (Å²) in [6.45, 7) is 3.06. The van der Waals surface area contributed by atoms with Crippen LogP contribution in [-0.4, -0.2) is 26.6 Å². The minimum Gasteiger partial charge on any atom is -0.348 e. The van der Waals surface area contributed by atoms with Gasteiger partial charge in [0.15, 0.2) is 5.65 Å². The van der Waals surface area contributed by atoms with E-state index in [1.165, 1.54) is 0 Å². The second kappa shape index (κ2) is 8.55. The van der Waals surface area contributed by atoms with Crippen molar-refractivity contribution in [2.24, 2.45) is 5.92 Å². The van der Waals surface area contributed by atoms with Crippen molar-refractivity contribution < 1.29 is 9.59 Å². The molecule has 1 aliphatic carbocycles. The molecule has 1 fully saturated rings. The average Bonchev–Trinajstić information content (AvgIpc) is 3.36. The normalized spacial score (nSPS) is 13.3. The molecule has 0 saturated heterocycles. The Labute approximate surface area is 189 Å². The number of fused-ring (bicyclic) bond motifs is 1. The third-order valence-electron chi connectivity index (χ3n) is 5.55. The van der Waals surface area contributed by atoms with E-state index in [2.05, 4.69) is 15.7 Å². The van der Waals surface area contributed by atoms with Crippen LogP contribution in [0.2, 0.25) is 0 Å². The van der Waals surface area contributed by atoms with Gasteiger partial charge in [-0.25, -0.2) is 9.67 Å². The minimum atomic E-state index is -0.169. The van der Waals surface area contributed by atoms with Gasteiger partial charge in [0.1, 0.15) is 0 Å². The van der Waals surface area contributed by atoms with Crippen LogP contribution in [0.1, 0.15) is 35.7 Å². The first-order chi connectivity index (χ1) is 15.6. The summed E-state index contributed by atoms with van der Waals surface area (Å²) in [5, 5.41) is 13.1. The molecule has 162 valence electrons. The maximum Gasteiger partial charge on any atom is 0.252 e. The first kappa shape index (κ1) is 20.4. The molecular weight excluding hydrogens is 422 g/mol. The second-order valence-electron chi connectivity index (χ2n) is 7.87. The van der Waals surface area contributed by atoms with Crippen molar-refractivity contribution in [3.8, 4) is 10.6 Å². The summed E-state index contributed by atoms with van der Waals surface area (Å²) < 4.78 is 1.80. The topological polar surface area (TPSA) is 88.9 Å². The van der Waals surface area contributed by atoms with Crippen LogP contribution in [-0.2, 0) is 17.9 Å². The number of nitrogens with zero attached hydrogens (tertiary/aromatic N) is 3. The Morgan fingerprint density at radius 2 is 2.00 bits per heavy atom. The molecule has 0 atom stereocenters. The molecule has 0 bridgehead atoms. The largest absolute Gasteiger partial charge is 0.348 e. The molecule has 2 N–H and O–H groups in total. The van der Waals surface area contributed by atoms with Crippen molar-refractivity contribution in [1.82, 2.24) is 20.1 Å². The van der Waals surface area contributed by atoms with Crippen molar-refractivity contribution in [3.63, 3.8) is 0 Å². The van der Waals surface area contributed by atoms with Gasteiger partial charge in [0.2, 0.25) is 5.91 Å². The van der Waals surface area contributed by atoms with Gasteiger partial charge in [0.25, 0.3) is 5.91 Å². The van der Waals surface area contributed by atoms with Gasteiger partial charge in [-0.05, 0) is 55.0 Å². The number of aryl methyl sites for hydroxylation is 1. The zero-order chi connectivity index (χ0) is 22.1. The summed E-state index contributed by atoms with van der Waals surface area (Å²) in [6, 6.07) is 13.4. The second-order valence-corrected chi connectivity index (χ2v) is 8.82. The number of anilines is 1. The summed E-state index contributed by atoms with van der Waals surface area (Å²) in [5.74, 6) is 0.0844. The van der Waals surface area contributed by atoms with Gasteiger partial charge in [0, 0.05) is 24.7 Å². The van der Waals surface area contributed by atoms with Crippen LogP contribution in [0.25, 0.3) is 21.6 Å². The molecule has 5 rings (SSSR count). The van der Waals surface area contributed by atoms with Gasteiger partial charge in [-0.2, -0.15) is 5.10 Å². The first-order valence-corrected chi connectivity index (χ1v) is 11.6. The van der Waals surface area contributed by atoms with Gasteiger partial charge in [-0.3, -0.25) is 9.59 Å². The van der Waals surface area contributed by atoms with Crippen molar-refractivity contribution in [3.05, 3.63) is 65.2 Å². The van der Waals surface area contributed by atoms with Crippen LogP contribution in [0.4, 0.5) is 5.69 Å². The fourth-order valence-electron chi connectivity index (χ4n) is 3.59. The van der Waals surface area contributed by atoms with E-state index in [1.807, 2.05) is 54.8 Å². The molecule has 0 unspecified atom stereocenters. The lowest BCUT2D eigenvalue weighted by Crippen LogP contribution is -2.23. The highest BCUT2D eigenvalue weighted by Crippen LogP contribution is 2.30. The molecule has 8 heteroatoms. The maximum absolute atomic E-state index is 13.1. The van der Waals surface area contributed by atoms with Crippen LogP contribution < -0.4 is 10.6 Å². The van der Waals surface area contributed by atoms with Crippen LogP contribution in [0, 0.1) is 5.92 Å². The first-order valence-electron chi connectivity index (χ1n) is 10.7. The molecule has 0 spiro atoms. The number of nitrogens with one attached hydrogen (secondary N) is 2. The van der Waals surface area contributed by atoms with E-state index in [1.54, 1.807) is 22.2 Å². The number of hydrogen-bond acceptors (Lipinski definition) is 5. The number of hydrogen-bond donors (Lipinski definition) is 2. The van der Waals surface area contributed by atoms with E-state index in [-0.39, 0.29) is 17.7 Å². The number of aromatic nitrogens is 3. The molecule has 32 heavy (non-hydrogen) atoms. The Morgan fingerprint density at radius 1 is 1.19 bits per heavy atom. The Balaban J connectivity index is 1.34. The summed E-state index contributed by atoms with van der Waals surface area (Å²) in [6.07, 6.45) is 3.66. The third-order valence-corrected chi connectivity index (χ3v) is 6.44. The molecular formula is C24H23N5O2S. The third kappa shape index (κ3) is 4.13. The predicted molar refractivity (Wildman–Crippen MR) is 125 cm³/mol. The lowest BCUT2D eigenvalue weighted by atomic mass is 10.1. The van der Waals surface area contributed by atoms with Crippen molar-refractivity contribution in [2.75, 3.05) is 5.32 Å². The number of carbonyl (C=O) groups excluding carboxylic acids is 2. The summed E-state index contributed by atoms with van der Waals surface area (Å²) in [5.41, 5.74) is 3.77. The van der Waals surface area contributed by atoms with E-state index >= 15 is 0 Å². The van der Waals surface area contributed by atoms with Crippen LogP contribution in [0.5, 0.6) is 0 Å². The van der Waals surface area contributed by atoms with E-state index in [4.69, 9.17) is 4.98 Å². The standard InChI is InChI=1S/C24H23N5O2S/c1-2-29-22-19(14-26-29)18(12-20(28-22)21-4-3-11-32-21)24(31)25-13-15-5-9-17(10-6-15)27-23(30)16-7-8-16/h3-6,9-12,14,16H,2,7-8,13H2,1H3,(H,25,31)(H,27,30). The number of benzene rings is 1. The number of pyridine rings is 1. The monoisotopic (exact) mass is 445 g/mol. The SMILES string of the molecule is CCn1ncc2c(C(=O)NCc3ccc(NC(=O)C4CC4)cc3)cc(-c3cccs3)nc21.